The highest BCUT2D eigenvalue weighted by molar-refractivity contribution is 5.75. The lowest BCUT2D eigenvalue weighted by Gasteiger charge is -2.32. The summed E-state index contributed by atoms with van der Waals surface area (Å²) in [7, 11) is 0. The van der Waals surface area contributed by atoms with Crippen molar-refractivity contribution in [3.8, 4) is 0 Å². The van der Waals surface area contributed by atoms with E-state index in [0.29, 0.717) is 0 Å². The van der Waals surface area contributed by atoms with Gasteiger partial charge in [-0.3, -0.25) is 0 Å². The number of aryl methyl sites for hydroxylation is 1. The highest BCUT2D eigenvalue weighted by atomic mass is 16.3. The normalized spacial score (nSPS) is 23.8. The van der Waals surface area contributed by atoms with Crippen LogP contribution in [0.25, 0.3) is 0 Å². The summed E-state index contributed by atoms with van der Waals surface area (Å²) in [6.45, 7) is 3.65. The molecule has 0 radical (unpaired) electrons. The van der Waals surface area contributed by atoms with Crippen LogP contribution in [0.5, 0.6) is 0 Å². The van der Waals surface area contributed by atoms with Gasteiger partial charge in [0.2, 0.25) is 0 Å². The van der Waals surface area contributed by atoms with Crippen LogP contribution in [0.2, 0.25) is 0 Å². The topological polar surface area (TPSA) is 76.2 Å². The van der Waals surface area contributed by atoms with Crippen molar-refractivity contribution >= 4 is 6.03 Å². The molecule has 0 aromatic carbocycles. The monoisotopic (exact) mass is 343 g/mol. The second kappa shape index (κ2) is 6.90. The maximum atomic E-state index is 13.1. The number of urea groups is 1. The summed E-state index contributed by atoms with van der Waals surface area (Å²) in [4.78, 5) is 15.0. The van der Waals surface area contributed by atoms with Gasteiger partial charge in [0, 0.05) is 13.1 Å². The van der Waals surface area contributed by atoms with Crippen molar-refractivity contribution in [2.75, 3.05) is 6.54 Å². The summed E-state index contributed by atoms with van der Waals surface area (Å²) in [5, 5.41) is 11.7. The number of hydrogen-bond donors (Lipinski definition) is 1. The lowest BCUT2D eigenvalue weighted by atomic mass is 10.1. The van der Waals surface area contributed by atoms with Crippen LogP contribution >= 0.6 is 0 Å². The lowest BCUT2D eigenvalue weighted by Crippen LogP contribution is -2.44. The summed E-state index contributed by atoms with van der Waals surface area (Å²) in [6.07, 6.45) is 7.86. The van der Waals surface area contributed by atoms with Crippen LogP contribution < -0.4 is 5.32 Å². The van der Waals surface area contributed by atoms with Crippen LogP contribution in [-0.4, -0.2) is 32.2 Å². The average Bonchev–Trinajstić information content (AvgIpc) is 3.20. The van der Waals surface area contributed by atoms with Crippen LogP contribution in [0.1, 0.15) is 68.0 Å². The fourth-order valence-corrected chi connectivity index (χ4v) is 4.01. The summed E-state index contributed by atoms with van der Waals surface area (Å²) in [5.74, 6) is 2.67. The number of amides is 2. The van der Waals surface area contributed by atoms with Crippen LogP contribution in [-0.2, 0) is 6.54 Å². The maximum Gasteiger partial charge on any atom is 0.318 e. The maximum absolute atomic E-state index is 13.1. The Labute approximate surface area is 147 Å². The fraction of sp³-hybridized carbons (Fsp3) is 0.611. The Balaban J connectivity index is 1.53. The third-order valence-electron chi connectivity index (χ3n) is 5.33. The molecule has 0 saturated carbocycles. The third-order valence-corrected chi connectivity index (χ3v) is 5.33. The second-order valence-electron chi connectivity index (χ2n) is 6.98. The van der Waals surface area contributed by atoms with Crippen LogP contribution in [0.3, 0.4) is 0 Å². The molecule has 2 aliphatic heterocycles. The van der Waals surface area contributed by atoms with E-state index in [2.05, 4.69) is 20.1 Å². The zero-order chi connectivity index (χ0) is 17.2. The van der Waals surface area contributed by atoms with E-state index in [1.807, 2.05) is 24.0 Å². The minimum Gasteiger partial charge on any atom is -0.467 e. The summed E-state index contributed by atoms with van der Waals surface area (Å²) in [6, 6.07) is 3.78. The molecule has 2 aromatic rings. The number of nitrogens with zero attached hydrogens (tertiary/aromatic N) is 4. The van der Waals surface area contributed by atoms with Crippen molar-refractivity contribution in [2.45, 2.75) is 64.1 Å². The van der Waals surface area contributed by atoms with Crippen molar-refractivity contribution < 1.29 is 9.21 Å². The first-order chi connectivity index (χ1) is 12.2. The Hall–Kier alpha value is -2.31. The van der Waals surface area contributed by atoms with Gasteiger partial charge < -0.3 is 19.2 Å². The number of nitrogens with one attached hydrogen (secondary N) is 1. The van der Waals surface area contributed by atoms with Crippen LogP contribution in [0.15, 0.2) is 22.8 Å². The number of likely N-dealkylation sites (tertiary alicyclic amines) is 1. The van der Waals surface area contributed by atoms with Crippen molar-refractivity contribution in [1.29, 1.82) is 0 Å². The predicted octanol–water partition coefficient (Wildman–Crippen LogP) is 3.34. The molecule has 7 nitrogen and oxygen atoms in total. The molecule has 0 unspecified atom stereocenters. The van der Waals surface area contributed by atoms with E-state index in [1.54, 1.807) is 6.26 Å². The molecule has 4 heterocycles. The quantitative estimate of drug-likeness (QED) is 0.907. The Morgan fingerprint density at radius 3 is 2.96 bits per heavy atom. The molecule has 0 bridgehead atoms. The SMILES string of the molecule is Cc1nnc2n1CCC[C@@H]2NC(=O)N1CCCCC[C@@H]1c1ccco1. The Bertz CT molecular complexity index is 724. The van der Waals surface area contributed by atoms with Crippen molar-refractivity contribution in [3.63, 3.8) is 0 Å². The molecule has 1 saturated heterocycles. The molecular formula is C18H25N5O2. The molecule has 2 amide bonds. The molecule has 134 valence electrons. The predicted molar refractivity (Wildman–Crippen MR) is 91.9 cm³/mol. The minimum absolute atomic E-state index is 0.0145. The van der Waals surface area contributed by atoms with Gasteiger partial charge in [-0.25, -0.2) is 4.79 Å². The van der Waals surface area contributed by atoms with Gasteiger partial charge in [-0.1, -0.05) is 12.8 Å². The second-order valence-corrected chi connectivity index (χ2v) is 6.98. The first kappa shape index (κ1) is 16.2. The molecule has 2 atom stereocenters. The van der Waals surface area contributed by atoms with Crippen molar-refractivity contribution in [2.24, 2.45) is 0 Å². The zero-order valence-electron chi connectivity index (χ0n) is 14.6. The Morgan fingerprint density at radius 1 is 1.20 bits per heavy atom. The van der Waals surface area contributed by atoms with E-state index < -0.39 is 0 Å². The molecule has 1 N–H and O–H groups in total. The van der Waals surface area contributed by atoms with Gasteiger partial charge in [0.25, 0.3) is 0 Å². The van der Waals surface area contributed by atoms with Gasteiger partial charge in [-0.15, -0.1) is 10.2 Å². The van der Waals surface area contributed by atoms with Crippen LogP contribution in [0, 0.1) is 6.92 Å². The van der Waals surface area contributed by atoms with E-state index >= 15 is 0 Å². The van der Waals surface area contributed by atoms with Crippen molar-refractivity contribution in [3.05, 3.63) is 35.8 Å². The summed E-state index contributed by atoms with van der Waals surface area (Å²) >= 11 is 0. The third kappa shape index (κ3) is 3.15. The standard InChI is InChI=1S/C18H25N5O2/c1-13-20-21-17-14(7-5-11-22(13)17)19-18(24)23-10-4-2-3-8-15(23)16-9-6-12-25-16/h6,9,12,14-15H,2-5,7-8,10-11H2,1H3,(H,19,24)/t14-,15+/m0/s1. The summed E-state index contributed by atoms with van der Waals surface area (Å²) in [5.41, 5.74) is 0. The molecule has 2 aliphatic rings. The smallest absolute Gasteiger partial charge is 0.318 e. The number of carbonyl (C=O) groups excluding carboxylic acids is 1. The van der Waals surface area contributed by atoms with Gasteiger partial charge in [0.1, 0.15) is 11.6 Å². The van der Waals surface area contributed by atoms with Crippen molar-refractivity contribution in [1.82, 2.24) is 25.0 Å². The van der Waals surface area contributed by atoms with Gasteiger partial charge in [0.05, 0.1) is 18.3 Å². The number of fused-ring (bicyclic) bond motifs is 1. The molecule has 4 rings (SSSR count). The molecule has 25 heavy (non-hydrogen) atoms. The van der Waals surface area contributed by atoms with Gasteiger partial charge >= 0.3 is 6.03 Å². The average molecular weight is 343 g/mol. The number of hydrogen-bond acceptors (Lipinski definition) is 4. The molecule has 2 aromatic heterocycles. The first-order valence-electron chi connectivity index (χ1n) is 9.24. The number of aromatic nitrogens is 3. The number of rotatable bonds is 2. The molecule has 0 aliphatic carbocycles. The molecule has 0 spiro atoms. The van der Waals surface area contributed by atoms with E-state index in [9.17, 15) is 4.79 Å². The first-order valence-corrected chi connectivity index (χ1v) is 9.24. The Morgan fingerprint density at radius 2 is 2.12 bits per heavy atom. The Kier molecular flexibility index (Phi) is 4.46. The lowest BCUT2D eigenvalue weighted by molar-refractivity contribution is 0.160. The fourth-order valence-electron chi connectivity index (χ4n) is 4.01. The molecule has 7 heteroatoms. The van der Waals surface area contributed by atoms with Gasteiger partial charge in [0.15, 0.2) is 5.82 Å². The molecular weight excluding hydrogens is 318 g/mol. The van der Waals surface area contributed by atoms with E-state index in [-0.39, 0.29) is 18.1 Å². The number of carbonyl (C=O) groups is 1. The minimum atomic E-state index is -0.0667. The zero-order valence-corrected chi connectivity index (χ0v) is 14.6. The molecule has 1 fully saturated rings. The van der Waals surface area contributed by atoms with Gasteiger partial charge in [-0.2, -0.15) is 0 Å². The largest absolute Gasteiger partial charge is 0.467 e. The van der Waals surface area contributed by atoms with E-state index in [4.69, 9.17) is 4.42 Å². The van der Waals surface area contributed by atoms with Crippen LogP contribution in [0.4, 0.5) is 4.79 Å². The summed E-state index contributed by atoms with van der Waals surface area (Å²) < 4.78 is 7.72. The van der Waals surface area contributed by atoms with E-state index in [0.717, 1.165) is 69.0 Å². The van der Waals surface area contributed by atoms with E-state index in [1.165, 1.54) is 0 Å². The number of furan rings is 1. The highest BCUT2D eigenvalue weighted by Gasteiger charge is 2.32. The van der Waals surface area contributed by atoms with Gasteiger partial charge in [-0.05, 0) is 44.7 Å². The highest BCUT2D eigenvalue weighted by Crippen LogP contribution is 2.31.